The van der Waals surface area contributed by atoms with Crippen LogP contribution >= 0.6 is 0 Å². The summed E-state index contributed by atoms with van der Waals surface area (Å²) < 4.78 is 0. The summed E-state index contributed by atoms with van der Waals surface area (Å²) in [6, 6.07) is 6.74. The van der Waals surface area contributed by atoms with Gasteiger partial charge in [0.2, 0.25) is 0 Å². The van der Waals surface area contributed by atoms with Crippen molar-refractivity contribution in [3.8, 4) is 0 Å². The molecule has 0 heterocycles. The van der Waals surface area contributed by atoms with E-state index in [1.165, 1.54) is 0 Å². The van der Waals surface area contributed by atoms with E-state index < -0.39 is 0 Å². The topological polar surface area (TPSA) is 93.2 Å². The van der Waals surface area contributed by atoms with E-state index >= 15 is 0 Å². The zero-order chi connectivity index (χ0) is 10.4. The Morgan fingerprint density at radius 3 is 2.43 bits per heavy atom. The van der Waals surface area contributed by atoms with Gasteiger partial charge in [0.25, 0.3) is 5.91 Å². The number of hydrogen-bond acceptors (Lipinski definition) is 4. The number of carbonyl (C=O) groups is 1. The Balaban J connectivity index is 2.48. The summed E-state index contributed by atoms with van der Waals surface area (Å²) in [7, 11) is 0. The van der Waals surface area contributed by atoms with E-state index in [0.29, 0.717) is 24.3 Å². The third-order valence-electron chi connectivity index (χ3n) is 1.73. The van der Waals surface area contributed by atoms with Crippen molar-refractivity contribution in [1.82, 2.24) is 10.7 Å². The third kappa shape index (κ3) is 3.04. The molecule has 0 aliphatic heterocycles. The number of nitrogens with one attached hydrogen (secondary N) is 2. The summed E-state index contributed by atoms with van der Waals surface area (Å²) in [5.74, 6) is 4.93. The maximum atomic E-state index is 11.4. The van der Waals surface area contributed by atoms with Crippen LogP contribution in [0.5, 0.6) is 0 Å². The minimum Gasteiger partial charge on any atom is -0.399 e. The molecule has 0 unspecified atom stereocenters. The number of hydrogen-bond donors (Lipinski definition) is 4. The molecule has 14 heavy (non-hydrogen) atoms. The van der Waals surface area contributed by atoms with E-state index in [4.69, 9.17) is 11.6 Å². The van der Waals surface area contributed by atoms with Crippen molar-refractivity contribution in [2.24, 2.45) is 5.84 Å². The summed E-state index contributed by atoms with van der Waals surface area (Å²) in [6.45, 7) is 1.04. The van der Waals surface area contributed by atoms with Gasteiger partial charge in [-0.2, -0.15) is 0 Å². The Morgan fingerprint density at radius 1 is 1.21 bits per heavy atom. The standard InChI is InChI=1S/C9H14N4O/c10-8-3-1-7(2-4-8)9(14)12-5-6-13-11/h1-4,13H,5-6,10-11H2,(H,12,14). The molecular weight excluding hydrogens is 180 g/mol. The number of rotatable bonds is 4. The Kier molecular flexibility index (Phi) is 3.90. The van der Waals surface area contributed by atoms with Gasteiger partial charge in [0.1, 0.15) is 0 Å². The molecule has 1 amide bonds. The predicted octanol–water partition coefficient (Wildman–Crippen LogP) is -0.538. The van der Waals surface area contributed by atoms with Crippen LogP contribution in [0.2, 0.25) is 0 Å². The molecule has 1 rings (SSSR count). The monoisotopic (exact) mass is 194 g/mol. The number of benzene rings is 1. The molecule has 5 heteroatoms. The van der Waals surface area contributed by atoms with Crippen molar-refractivity contribution in [3.05, 3.63) is 29.8 Å². The maximum absolute atomic E-state index is 11.4. The summed E-state index contributed by atoms with van der Waals surface area (Å²) in [5.41, 5.74) is 9.18. The summed E-state index contributed by atoms with van der Waals surface area (Å²) >= 11 is 0. The Bertz CT molecular complexity index is 296. The highest BCUT2D eigenvalue weighted by Gasteiger charge is 2.02. The second-order valence-electron chi connectivity index (χ2n) is 2.83. The maximum Gasteiger partial charge on any atom is 0.251 e. The van der Waals surface area contributed by atoms with Gasteiger partial charge in [0.05, 0.1) is 0 Å². The minimum atomic E-state index is -0.125. The van der Waals surface area contributed by atoms with Gasteiger partial charge in [0.15, 0.2) is 0 Å². The molecule has 0 bridgehead atoms. The Labute approximate surface area is 82.4 Å². The zero-order valence-electron chi connectivity index (χ0n) is 7.79. The van der Waals surface area contributed by atoms with E-state index in [-0.39, 0.29) is 5.91 Å². The first-order chi connectivity index (χ1) is 6.74. The second kappa shape index (κ2) is 5.21. The fraction of sp³-hybridized carbons (Fsp3) is 0.222. The highest BCUT2D eigenvalue weighted by Crippen LogP contribution is 2.04. The minimum absolute atomic E-state index is 0.125. The molecule has 0 aromatic heterocycles. The van der Waals surface area contributed by atoms with E-state index in [0.717, 1.165) is 0 Å². The summed E-state index contributed by atoms with van der Waals surface area (Å²) in [4.78, 5) is 11.4. The molecule has 0 fully saturated rings. The molecule has 0 atom stereocenters. The molecule has 5 nitrogen and oxygen atoms in total. The first-order valence-electron chi connectivity index (χ1n) is 4.31. The fourth-order valence-corrected chi connectivity index (χ4v) is 0.985. The average Bonchev–Trinajstić information content (AvgIpc) is 2.19. The lowest BCUT2D eigenvalue weighted by Crippen LogP contribution is -2.34. The van der Waals surface area contributed by atoms with Gasteiger partial charge < -0.3 is 11.1 Å². The van der Waals surface area contributed by atoms with Crippen LogP contribution in [0.15, 0.2) is 24.3 Å². The largest absolute Gasteiger partial charge is 0.399 e. The SMILES string of the molecule is NNCCNC(=O)c1ccc(N)cc1. The van der Waals surface area contributed by atoms with Crippen LogP contribution in [0.1, 0.15) is 10.4 Å². The van der Waals surface area contributed by atoms with Gasteiger partial charge in [-0.1, -0.05) is 0 Å². The molecule has 0 radical (unpaired) electrons. The number of carbonyl (C=O) groups excluding carboxylic acids is 1. The molecule has 6 N–H and O–H groups in total. The highest BCUT2D eigenvalue weighted by atomic mass is 16.1. The van der Waals surface area contributed by atoms with E-state index in [1.54, 1.807) is 24.3 Å². The van der Waals surface area contributed by atoms with Crippen LogP contribution in [0.25, 0.3) is 0 Å². The van der Waals surface area contributed by atoms with Gasteiger partial charge in [-0.05, 0) is 24.3 Å². The lowest BCUT2D eigenvalue weighted by molar-refractivity contribution is 0.0954. The molecule has 0 aliphatic rings. The van der Waals surface area contributed by atoms with Crippen LogP contribution in [0, 0.1) is 0 Å². The van der Waals surface area contributed by atoms with Gasteiger partial charge >= 0.3 is 0 Å². The van der Waals surface area contributed by atoms with Crippen LogP contribution < -0.4 is 22.3 Å². The summed E-state index contributed by atoms with van der Waals surface area (Å²) in [5, 5.41) is 2.70. The zero-order valence-corrected chi connectivity index (χ0v) is 7.79. The van der Waals surface area contributed by atoms with Crippen LogP contribution in [0.3, 0.4) is 0 Å². The van der Waals surface area contributed by atoms with Crippen molar-refractivity contribution in [2.75, 3.05) is 18.8 Å². The van der Waals surface area contributed by atoms with E-state index in [2.05, 4.69) is 10.7 Å². The molecule has 1 aromatic rings. The molecular formula is C9H14N4O. The van der Waals surface area contributed by atoms with Gasteiger partial charge in [0, 0.05) is 24.3 Å². The number of hydrazine groups is 1. The van der Waals surface area contributed by atoms with Crippen molar-refractivity contribution in [1.29, 1.82) is 0 Å². The third-order valence-corrected chi connectivity index (χ3v) is 1.73. The Hall–Kier alpha value is -1.59. The lowest BCUT2D eigenvalue weighted by Gasteiger charge is -2.04. The van der Waals surface area contributed by atoms with Crippen molar-refractivity contribution in [2.45, 2.75) is 0 Å². The quantitative estimate of drug-likeness (QED) is 0.224. The van der Waals surface area contributed by atoms with E-state index in [9.17, 15) is 4.79 Å². The fourth-order valence-electron chi connectivity index (χ4n) is 0.985. The first-order valence-corrected chi connectivity index (χ1v) is 4.31. The molecule has 0 saturated carbocycles. The summed E-state index contributed by atoms with van der Waals surface area (Å²) in [6.07, 6.45) is 0. The van der Waals surface area contributed by atoms with Gasteiger partial charge in [-0.15, -0.1) is 0 Å². The molecule has 76 valence electrons. The number of nitrogen functional groups attached to an aromatic ring is 1. The smallest absolute Gasteiger partial charge is 0.251 e. The first kappa shape index (κ1) is 10.5. The lowest BCUT2D eigenvalue weighted by atomic mass is 10.2. The second-order valence-corrected chi connectivity index (χ2v) is 2.83. The van der Waals surface area contributed by atoms with Gasteiger partial charge in [-0.3, -0.25) is 16.1 Å². The van der Waals surface area contributed by atoms with Crippen molar-refractivity contribution >= 4 is 11.6 Å². The van der Waals surface area contributed by atoms with E-state index in [1.807, 2.05) is 0 Å². The van der Waals surface area contributed by atoms with Crippen LogP contribution in [-0.4, -0.2) is 19.0 Å². The van der Waals surface area contributed by atoms with Crippen molar-refractivity contribution in [3.63, 3.8) is 0 Å². The normalized spacial score (nSPS) is 9.79. The average molecular weight is 194 g/mol. The van der Waals surface area contributed by atoms with Crippen LogP contribution in [0.4, 0.5) is 5.69 Å². The number of nitrogens with two attached hydrogens (primary N) is 2. The van der Waals surface area contributed by atoms with Crippen molar-refractivity contribution < 1.29 is 4.79 Å². The predicted molar refractivity (Wildman–Crippen MR) is 55.4 cm³/mol. The van der Waals surface area contributed by atoms with Gasteiger partial charge in [-0.25, -0.2) is 0 Å². The molecule has 1 aromatic carbocycles. The number of anilines is 1. The molecule has 0 aliphatic carbocycles. The molecule has 0 saturated heterocycles. The molecule has 0 spiro atoms. The highest BCUT2D eigenvalue weighted by molar-refractivity contribution is 5.94. The Morgan fingerprint density at radius 2 is 1.86 bits per heavy atom. The number of amides is 1. The van der Waals surface area contributed by atoms with Crippen LogP contribution in [-0.2, 0) is 0 Å².